The molecule has 0 nitrogen and oxygen atoms in total. The van der Waals surface area contributed by atoms with E-state index in [1.54, 1.807) is 22.1 Å². The summed E-state index contributed by atoms with van der Waals surface area (Å²) in [5, 5.41) is 6.05. The Balaban J connectivity index is 2.01. The first kappa shape index (κ1) is 11.3. The Morgan fingerprint density at radius 2 is 1.14 bits per heavy atom. The summed E-state index contributed by atoms with van der Waals surface area (Å²) < 4.78 is 0. The van der Waals surface area contributed by atoms with Gasteiger partial charge in [-0.2, -0.15) is 0 Å². The minimum atomic E-state index is 1.08. The number of hydrogen-bond acceptors (Lipinski definition) is 0. The lowest BCUT2D eigenvalue weighted by molar-refractivity contribution is 1.19. The van der Waals surface area contributed by atoms with Crippen molar-refractivity contribution in [2.45, 2.75) is 25.7 Å². The van der Waals surface area contributed by atoms with E-state index in [1.165, 1.54) is 32.5 Å². The number of fused-ring (bicyclic) bond motifs is 11. The minimum absolute atomic E-state index is 1.08. The van der Waals surface area contributed by atoms with E-state index in [0.717, 1.165) is 25.7 Å². The van der Waals surface area contributed by atoms with E-state index in [4.69, 9.17) is 0 Å². The molecule has 0 unspecified atom stereocenters. The van der Waals surface area contributed by atoms with Gasteiger partial charge in [0, 0.05) is 0 Å². The van der Waals surface area contributed by atoms with Crippen molar-refractivity contribution in [1.82, 2.24) is 0 Å². The first-order valence-electron chi connectivity index (χ1n) is 8.30. The molecule has 4 aliphatic rings. The largest absolute Gasteiger partial charge is 0.0795 e. The highest BCUT2D eigenvalue weighted by molar-refractivity contribution is 6.05. The Hall–Kier alpha value is -2.34. The molecule has 2 aromatic carbocycles. The third-order valence-electron chi connectivity index (χ3n) is 5.74. The number of rotatable bonds is 0. The van der Waals surface area contributed by atoms with Gasteiger partial charge in [0.2, 0.25) is 0 Å². The van der Waals surface area contributed by atoms with Gasteiger partial charge in [0.05, 0.1) is 0 Å². The van der Waals surface area contributed by atoms with Gasteiger partial charge in [-0.1, -0.05) is 48.6 Å². The lowest BCUT2D eigenvalue weighted by atomic mass is 9.86. The molecule has 0 bridgehead atoms. The number of hydrogen-bond donors (Lipinski definition) is 0. The van der Waals surface area contributed by atoms with Crippen LogP contribution in [0.5, 0.6) is 0 Å². The summed E-state index contributed by atoms with van der Waals surface area (Å²) in [6.45, 7) is 0. The predicted octanol–water partition coefficient (Wildman–Crippen LogP) is 3.51. The zero-order chi connectivity index (χ0) is 14.3. The van der Waals surface area contributed by atoms with Gasteiger partial charge >= 0.3 is 0 Å². The molecule has 6 rings (SSSR count). The van der Waals surface area contributed by atoms with E-state index >= 15 is 0 Å². The number of benzene rings is 2. The molecule has 0 heterocycles. The Bertz CT molecular complexity index is 1100. The minimum Gasteiger partial charge on any atom is -0.0795 e. The Morgan fingerprint density at radius 1 is 0.545 bits per heavy atom. The predicted molar refractivity (Wildman–Crippen MR) is 95.0 cm³/mol. The normalized spacial score (nSPS) is 18.4. The van der Waals surface area contributed by atoms with Crippen molar-refractivity contribution in [1.29, 1.82) is 0 Å². The van der Waals surface area contributed by atoms with Crippen LogP contribution in [0.25, 0.3) is 41.2 Å². The van der Waals surface area contributed by atoms with Crippen LogP contribution >= 0.6 is 0 Å². The third kappa shape index (κ3) is 1.14. The molecular formula is C22H16. The quantitative estimate of drug-likeness (QED) is 0.693. The van der Waals surface area contributed by atoms with Gasteiger partial charge < -0.3 is 0 Å². The summed E-state index contributed by atoms with van der Waals surface area (Å²) in [5.74, 6) is 0. The summed E-state index contributed by atoms with van der Waals surface area (Å²) in [7, 11) is 0. The molecule has 0 aromatic heterocycles. The fourth-order valence-corrected chi connectivity index (χ4v) is 4.91. The summed E-state index contributed by atoms with van der Waals surface area (Å²) >= 11 is 0. The van der Waals surface area contributed by atoms with Gasteiger partial charge in [0.15, 0.2) is 0 Å². The van der Waals surface area contributed by atoms with Crippen molar-refractivity contribution in [3.63, 3.8) is 0 Å². The summed E-state index contributed by atoms with van der Waals surface area (Å²) in [6.07, 6.45) is 23.4. The molecular weight excluding hydrogens is 264 g/mol. The smallest absolute Gasteiger partial charge is 0.00237 e. The monoisotopic (exact) mass is 280 g/mol. The number of allylic oxidation sites excluding steroid dienone is 3. The van der Waals surface area contributed by atoms with Gasteiger partial charge in [-0.25, -0.2) is 0 Å². The topological polar surface area (TPSA) is 0 Å². The molecule has 4 aliphatic carbocycles. The fraction of sp³-hybridized carbons (Fsp3) is 0.182. The maximum atomic E-state index is 2.43. The molecule has 22 heavy (non-hydrogen) atoms. The highest BCUT2D eigenvalue weighted by atomic mass is 14.3. The molecule has 0 N–H and O–H groups in total. The Kier molecular flexibility index (Phi) is 1.89. The van der Waals surface area contributed by atoms with Crippen LogP contribution in [0.3, 0.4) is 0 Å². The van der Waals surface area contributed by atoms with Crippen molar-refractivity contribution in [2.24, 2.45) is 0 Å². The molecule has 2 aromatic rings. The molecule has 0 amide bonds. The maximum Gasteiger partial charge on any atom is -0.00237 e. The maximum absolute atomic E-state index is 2.43. The summed E-state index contributed by atoms with van der Waals surface area (Å²) in [4.78, 5) is 0. The molecule has 0 spiro atoms. The molecule has 0 radical (unpaired) electrons. The van der Waals surface area contributed by atoms with Crippen molar-refractivity contribution >= 4 is 41.2 Å². The van der Waals surface area contributed by atoms with Crippen LogP contribution in [0.2, 0.25) is 0 Å². The van der Waals surface area contributed by atoms with Crippen molar-refractivity contribution in [2.75, 3.05) is 0 Å². The molecule has 0 heteroatoms. The molecule has 0 fully saturated rings. The second kappa shape index (κ2) is 3.70. The highest BCUT2D eigenvalue weighted by Gasteiger charge is 2.25. The van der Waals surface area contributed by atoms with E-state index in [1.807, 2.05) is 0 Å². The fourth-order valence-electron chi connectivity index (χ4n) is 4.91. The van der Waals surface area contributed by atoms with Crippen molar-refractivity contribution in [3.05, 3.63) is 62.0 Å². The zero-order valence-electron chi connectivity index (χ0n) is 12.4. The average Bonchev–Trinajstić information content (AvgIpc) is 3.28. The van der Waals surface area contributed by atoms with Crippen LogP contribution in [0.15, 0.2) is 18.2 Å². The van der Waals surface area contributed by atoms with E-state index in [0.29, 0.717) is 0 Å². The van der Waals surface area contributed by atoms with Crippen LogP contribution < -0.4 is 10.4 Å². The van der Waals surface area contributed by atoms with Gasteiger partial charge in [0.1, 0.15) is 0 Å². The lowest BCUT2D eigenvalue weighted by Crippen LogP contribution is -2.27. The van der Waals surface area contributed by atoms with E-state index in [-0.39, 0.29) is 0 Å². The van der Waals surface area contributed by atoms with Crippen LogP contribution in [-0.2, 0) is 19.3 Å². The summed E-state index contributed by atoms with van der Waals surface area (Å²) in [6, 6.07) is 0. The van der Waals surface area contributed by atoms with E-state index in [9.17, 15) is 0 Å². The van der Waals surface area contributed by atoms with Gasteiger partial charge in [-0.3, -0.25) is 0 Å². The summed E-state index contributed by atoms with van der Waals surface area (Å²) in [5.41, 5.74) is 9.24. The molecule has 0 atom stereocenters. The van der Waals surface area contributed by atoms with Crippen molar-refractivity contribution in [3.8, 4) is 0 Å². The Morgan fingerprint density at radius 3 is 1.91 bits per heavy atom. The molecule has 104 valence electrons. The molecule has 0 aliphatic heterocycles. The lowest BCUT2D eigenvalue weighted by Gasteiger charge is -2.17. The van der Waals surface area contributed by atoms with E-state index < -0.39 is 0 Å². The first-order valence-corrected chi connectivity index (χ1v) is 8.30. The van der Waals surface area contributed by atoms with Crippen LogP contribution in [0, 0.1) is 0 Å². The van der Waals surface area contributed by atoms with Gasteiger partial charge in [-0.05, 0) is 80.3 Å². The van der Waals surface area contributed by atoms with Crippen LogP contribution in [-0.4, -0.2) is 0 Å². The average molecular weight is 280 g/mol. The standard InChI is InChI=1S/C22H16/c1-5-13-14-6-2-10-18(14)22-20-12-4-8-16(20)15-7-3-11-19(15)21(22)17(13)9-1/h1-3,7-10,12H,4-6,11H2. The molecule has 0 saturated carbocycles. The van der Waals surface area contributed by atoms with Crippen molar-refractivity contribution < 1.29 is 0 Å². The Labute approximate surface area is 129 Å². The van der Waals surface area contributed by atoms with Crippen LogP contribution in [0.1, 0.15) is 39.8 Å². The second-order valence-electron chi connectivity index (χ2n) is 6.72. The third-order valence-corrected chi connectivity index (χ3v) is 5.74. The van der Waals surface area contributed by atoms with Gasteiger partial charge in [-0.15, -0.1) is 0 Å². The first-order chi connectivity index (χ1) is 10.9. The zero-order valence-corrected chi connectivity index (χ0v) is 12.4. The van der Waals surface area contributed by atoms with Gasteiger partial charge in [0.25, 0.3) is 0 Å². The van der Waals surface area contributed by atoms with E-state index in [2.05, 4.69) is 48.6 Å². The molecule has 0 saturated heterocycles. The highest BCUT2D eigenvalue weighted by Crippen LogP contribution is 2.40. The van der Waals surface area contributed by atoms with Crippen LogP contribution in [0.4, 0.5) is 0 Å². The SMILES string of the molecule is C1=Cc2c(c3c(c4c5c(c6c(c24)CC=C6)=CCC=5)C=CC3)C1. The second-order valence-corrected chi connectivity index (χ2v) is 6.72.